The Labute approximate surface area is 78.8 Å². The number of aryl methyl sites for hydroxylation is 1. The summed E-state index contributed by atoms with van der Waals surface area (Å²) in [5.74, 6) is 1.15. The molecule has 3 nitrogen and oxygen atoms in total. The fourth-order valence-corrected chi connectivity index (χ4v) is 1.68. The summed E-state index contributed by atoms with van der Waals surface area (Å²) in [5, 5.41) is 3.31. The van der Waals surface area contributed by atoms with Gasteiger partial charge in [-0.25, -0.2) is 4.98 Å². The largest absolute Gasteiger partial charge is 0.342 e. The van der Waals surface area contributed by atoms with Crippen molar-refractivity contribution in [3.05, 3.63) is 23.9 Å². The zero-order chi connectivity index (χ0) is 9.10. The lowest BCUT2D eigenvalue weighted by Gasteiger charge is -2.18. The topological polar surface area (TPSA) is 28.2 Å². The number of hydrogen-bond acceptors (Lipinski definition) is 3. The van der Waals surface area contributed by atoms with Crippen LogP contribution in [0, 0.1) is 0 Å². The van der Waals surface area contributed by atoms with Crippen molar-refractivity contribution in [2.75, 3.05) is 24.7 Å². The highest BCUT2D eigenvalue weighted by atomic mass is 15.3. The zero-order valence-electron chi connectivity index (χ0n) is 7.95. The highest BCUT2D eigenvalue weighted by molar-refractivity contribution is 5.47. The molecule has 13 heavy (non-hydrogen) atoms. The van der Waals surface area contributed by atoms with Gasteiger partial charge in [-0.3, -0.25) is 5.32 Å². The summed E-state index contributed by atoms with van der Waals surface area (Å²) in [4.78, 5) is 6.71. The predicted molar refractivity (Wildman–Crippen MR) is 53.8 cm³/mol. The number of rotatable bonds is 2. The van der Waals surface area contributed by atoms with Gasteiger partial charge >= 0.3 is 0 Å². The molecule has 0 spiro atoms. The van der Waals surface area contributed by atoms with E-state index in [0.29, 0.717) is 0 Å². The van der Waals surface area contributed by atoms with Gasteiger partial charge in [-0.2, -0.15) is 0 Å². The van der Waals surface area contributed by atoms with E-state index < -0.39 is 0 Å². The molecule has 1 aliphatic heterocycles. The maximum absolute atomic E-state index is 4.42. The highest BCUT2D eigenvalue weighted by Gasteiger charge is 2.14. The Bertz CT molecular complexity index is 279. The van der Waals surface area contributed by atoms with Crippen LogP contribution in [0.25, 0.3) is 0 Å². The lowest BCUT2D eigenvalue weighted by atomic mass is 10.2. The van der Waals surface area contributed by atoms with Gasteiger partial charge in [-0.15, -0.1) is 0 Å². The maximum atomic E-state index is 4.42. The summed E-state index contributed by atoms with van der Waals surface area (Å²) < 4.78 is 0. The van der Waals surface area contributed by atoms with Gasteiger partial charge in [-0.05, 0) is 18.1 Å². The third-order valence-electron chi connectivity index (χ3n) is 2.41. The second kappa shape index (κ2) is 3.75. The zero-order valence-corrected chi connectivity index (χ0v) is 7.95. The Morgan fingerprint density at radius 3 is 3.23 bits per heavy atom. The third-order valence-corrected chi connectivity index (χ3v) is 2.41. The number of aromatic nitrogens is 1. The molecule has 3 heteroatoms. The van der Waals surface area contributed by atoms with Crippen LogP contribution in [0.1, 0.15) is 12.5 Å². The fourth-order valence-electron chi connectivity index (χ4n) is 1.68. The molecule has 0 aromatic carbocycles. The van der Waals surface area contributed by atoms with E-state index in [4.69, 9.17) is 0 Å². The Balaban J connectivity index is 2.26. The first-order valence-corrected chi connectivity index (χ1v) is 4.81. The van der Waals surface area contributed by atoms with Crippen molar-refractivity contribution in [2.24, 2.45) is 0 Å². The minimum Gasteiger partial charge on any atom is -0.342 e. The van der Waals surface area contributed by atoms with Gasteiger partial charge < -0.3 is 4.90 Å². The molecule has 0 atom stereocenters. The third kappa shape index (κ3) is 1.65. The predicted octanol–water partition coefficient (Wildman–Crippen LogP) is 1.01. The molecule has 1 aromatic heterocycles. The van der Waals surface area contributed by atoms with E-state index in [-0.39, 0.29) is 0 Å². The van der Waals surface area contributed by atoms with Crippen molar-refractivity contribution < 1.29 is 0 Å². The van der Waals surface area contributed by atoms with E-state index in [1.807, 2.05) is 12.3 Å². The average Bonchev–Trinajstić information content (AvgIpc) is 2.70. The van der Waals surface area contributed by atoms with E-state index in [1.165, 1.54) is 5.56 Å². The number of nitrogens with zero attached hydrogens (tertiary/aromatic N) is 2. The van der Waals surface area contributed by atoms with E-state index in [2.05, 4.69) is 28.2 Å². The van der Waals surface area contributed by atoms with Gasteiger partial charge in [0.25, 0.3) is 0 Å². The van der Waals surface area contributed by atoms with Crippen molar-refractivity contribution in [1.29, 1.82) is 0 Å². The first-order chi connectivity index (χ1) is 6.42. The monoisotopic (exact) mass is 177 g/mol. The van der Waals surface area contributed by atoms with Crippen LogP contribution in [0.5, 0.6) is 0 Å². The van der Waals surface area contributed by atoms with Crippen LogP contribution in [0.4, 0.5) is 5.82 Å². The molecule has 1 aromatic rings. The maximum Gasteiger partial charge on any atom is 0.132 e. The molecule has 0 aliphatic carbocycles. The first kappa shape index (κ1) is 8.51. The second-order valence-corrected chi connectivity index (χ2v) is 3.26. The normalized spacial score (nSPS) is 16.5. The number of pyridine rings is 1. The first-order valence-electron chi connectivity index (χ1n) is 4.81. The SMILES string of the molecule is CCc1cccnc1N1CCNC1. The quantitative estimate of drug-likeness (QED) is 0.730. The van der Waals surface area contributed by atoms with Crippen LogP contribution in [-0.2, 0) is 6.42 Å². The number of anilines is 1. The molecule has 0 unspecified atom stereocenters. The smallest absolute Gasteiger partial charge is 0.132 e. The summed E-state index contributed by atoms with van der Waals surface area (Å²) in [6.45, 7) is 5.25. The molecule has 0 radical (unpaired) electrons. The van der Waals surface area contributed by atoms with Crippen LogP contribution >= 0.6 is 0 Å². The highest BCUT2D eigenvalue weighted by Crippen LogP contribution is 2.17. The molecule has 0 saturated carbocycles. The van der Waals surface area contributed by atoms with Gasteiger partial charge in [0.1, 0.15) is 5.82 Å². The van der Waals surface area contributed by atoms with Crippen LogP contribution in [0.15, 0.2) is 18.3 Å². The molecule has 0 amide bonds. The Hall–Kier alpha value is -1.09. The lowest BCUT2D eigenvalue weighted by molar-refractivity contribution is 0.844. The van der Waals surface area contributed by atoms with Gasteiger partial charge in [0.15, 0.2) is 0 Å². The molecule has 1 aliphatic rings. The second-order valence-electron chi connectivity index (χ2n) is 3.26. The summed E-state index contributed by atoms with van der Waals surface area (Å²) in [5.41, 5.74) is 1.34. The van der Waals surface area contributed by atoms with Gasteiger partial charge in [0.05, 0.1) is 6.67 Å². The Kier molecular flexibility index (Phi) is 2.45. The average molecular weight is 177 g/mol. The molecule has 1 N–H and O–H groups in total. The molecule has 0 bridgehead atoms. The van der Waals surface area contributed by atoms with Crippen LogP contribution in [-0.4, -0.2) is 24.7 Å². The Morgan fingerprint density at radius 1 is 1.62 bits per heavy atom. The van der Waals surface area contributed by atoms with Crippen molar-refractivity contribution in [3.8, 4) is 0 Å². The summed E-state index contributed by atoms with van der Waals surface area (Å²) in [7, 11) is 0. The van der Waals surface area contributed by atoms with Crippen LogP contribution in [0.2, 0.25) is 0 Å². The van der Waals surface area contributed by atoms with E-state index in [0.717, 1.165) is 32.0 Å². The van der Waals surface area contributed by atoms with E-state index in [9.17, 15) is 0 Å². The number of nitrogens with one attached hydrogen (secondary N) is 1. The standard InChI is InChI=1S/C10H15N3/c1-2-9-4-3-5-12-10(9)13-7-6-11-8-13/h3-5,11H,2,6-8H2,1H3. The molecule has 2 rings (SSSR count). The van der Waals surface area contributed by atoms with Gasteiger partial charge in [0.2, 0.25) is 0 Å². The van der Waals surface area contributed by atoms with E-state index >= 15 is 0 Å². The van der Waals surface area contributed by atoms with Crippen LogP contribution in [0.3, 0.4) is 0 Å². The van der Waals surface area contributed by atoms with Crippen molar-refractivity contribution in [2.45, 2.75) is 13.3 Å². The molecule has 2 heterocycles. The molecule has 1 fully saturated rings. The Morgan fingerprint density at radius 2 is 2.54 bits per heavy atom. The van der Waals surface area contributed by atoms with Crippen LogP contribution < -0.4 is 10.2 Å². The number of hydrogen-bond donors (Lipinski definition) is 1. The van der Waals surface area contributed by atoms with Crippen molar-refractivity contribution in [3.63, 3.8) is 0 Å². The molecule has 70 valence electrons. The van der Waals surface area contributed by atoms with Crippen molar-refractivity contribution in [1.82, 2.24) is 10.3 Å². The summed E-state index contributed by atoms with van der Waals surface area (Å²) in [6.07, 6.45) is 2.92. The minimum atomic E-state index is 0.935. The molecular weight excluding hydrogens is 162 g/mol. The minimum absolute atomic E-state index is 0.935. The molecular formula is C10H15N3. The fraction of sp³-hybridized carbons (Fsp3) is 0.500. The lowest BCUT2D eigenvalue weighted by Crippen LogP contribution is -2.23. The summed E-state index contributed by atoms with van der Waals surface area (Å²) in [6, 6.07) is 4.16. The van der Waals surface area contributed by atoms with Gasteiger partial charge in [0, 0.05) is 19.3 Å². The molecule has 1 saturated heterocycles. The van der Waals surface area contributed by atoms with Gasteiger partial charge in [-0.1, -0.05) is 13.0 Å². The summed E-state index contributed by atoms with van der Waals surface area (Å²) >= 11 is 0. The van der Waals surface area contributed by atoms with Crippen molar-refractivity contribution >= 4 is 5.82 Å². The van der Waals surface area contributed by atoms with E-state index in [1.54, 1.807) is 0 Å².